The van der Waals surface area contributed by atoms with Crippen LogP contribution in [0.25, 0.3) is 10.9 Å². The van der Waals surface area contributed by atoms with Gasteiger partial charge in [0.2, 0.25) is 0 Å². The molecule has 0 aliphatic carbocycles. The minimum absolute atomic E-state index is 0.862. The lowest BCUT2D eigenvalue weighted by molar-refractivity contribution is 0.415. The van der Waals surface area contributed by atoms with Crippen LogP contribution in [-0.2, 0) is 6.42 Å². The number of ether oxygens (including phenoxy) is 1. The van der Waals surface area contributed by atoms with Gasteiger partial charge in [0.15, 0.2) is 0 Å². The van der Waals surface area contributed by atoms with Gasteiger partial charge in [-0.15, -0.1) is 0 Å². The van der Waals surface area contributed by atoms with Crippen molar-refractivity contribution in [2.75, 3.05) is 24.3 Å². The number of benzene rings is 2. The number of fused-ring (bicyclic) bond motifs is 1. The van der Waals surface area contributed by atoms with Gasteiger partial charge in [-0.1, -0.05) is 0 Å². The second-order valence-electron chi connectivity index (χ2n) is 6.34. The molecule has 2 aromatic heterocycles. The van der Waals surface area contributed by atoms with Crippen LogP contribution >= 0.6 is 0 Å². The standard InChI is InChI=1S/C22H22N4O/c1-27-20-6-7-22-21(14-20)16(15-25-22)8-13-24-17-2-4-18(5-3-17)26-19-9-11-23-12-10-19/h2-7,9-12,14-15,24-25H,8,13H2,1H3,(H,23,26). The van der Waals surface area contributed by atoms with Crippen molar-refractivity contribution in [3.8, 4) is 5.75 Å². The molecule has 2 heterocycles. The van der Waals surface area contributed by atoms with Gasteiger partial charge in [0.1, 0.15) is 5.75 Å². The molecule has 0 atom stereocenters. The SMILES string of the molecule is COc1ccc2[nH]cc(CCNc3ccc(Nc4ccncc4)cc3)c2c1. The third-order valence-corrected chi connectivity index (χ3v) is 4.55. The molecule has 2 aromatic carbocycles. The zero-order chi connectivity index (χ0) is 18.5. The number of aromatic nitrogens is 2. The van der Waals surface area contributed by atoms with Gasteiger partial charge in [-0.3, -0.25) is 4.98 Å². The van der Waals surface area contributed by atoms with E-state index in [2.05, 4.69) is 63.2 Å². The molecule has 5 heteroatoms. The summed E-state index contributed by atoms with van der Waals surface area (Å²) in [6.07, 6.45) is 6.56. The number of anilines is 3. The van der Waals surface area contributed by atoms with Crippen molar-refractivity contribution in [2.24, 2.45) is 0 Å². The molecule has 0 bridgehead atoms. The largest absolute Gasteiger partial charge is 0.497 e. The van der Waals surface area contributed by atoms with Crippen LogP contribution in [0, 0.1) is 0 Å². The van der Waals surface area contributed by atoms with Crippen LogP contribution in [0.1, 0.15) is 5.56 Å². The number of pyridine rings is 1. The summed E-state index contributed by atoms with van der Waals surface area (Å²) in [4.78, 5) is 7.35. The predicted molar refractivity (Wildman–Crippen MR) is 111 cm³/mol. The Morgan fingerprint density at radius 1 is 0.926 bits per heavy atom. The van der Waals surface area contributed by atoms with E-state index in [1.807, 2.05) is 18.2 Å². The topological polar surface area (TPSA) is 62.0 Å². The average Bonchev–Trinajstić information content (AvgIpc) is 3.12. The highest BCUT2D eigenvalue weighted by Gasteiger charge is 2.05. The van der Waals surface area contributed by atoms with Gasteiger partial charge in [-0.05, 0) is 66.6 Å². The molecule has 0 amide bonds. The predicted octanol–water partition coefficient (Wildman–Crippen LogP) is 4.97. The Morgan fingerprint density at radius 2 is 1.67 bits per heavy atom. The van der Waals surface area contributed by atoms with Crippen LogP contribution in [0.3, 0.4) is 0 Å². The van der Waals surface area contributed by atoms with Crippen molar-refractivity contribution in [3.05, 3.63) is 78.8 Å². The number of methoxy groups -OCH3 is 1. The highest BCUT2D eigenvalue weighted by atomic mass is 16.5. The van der Waals surface area contributed by atoms with Gasteiger partial charge in [-0.2, -0.15) is 0 Å². The van der Waals surface area contributed by atoms with Gasteiger partial charge in [0.25, 0.3) is 0 Å². The Balaban J connectivity index is 1.35. The first-order valence-corrected chi connectivity index (χ1v) is 8.97. The maximum absolute atomic E-state index is 5.34. The summed E-state index contributed by atoms with van der Waals surface area (Å²) in [6, 6.07) is 18.3. The van der Waals surface area contributed by atoms with E-state index in [4.69, 9.17) is 4.74 Å². The molecule has 3 N–H and O–H groups in total. The molecule has 0 spiro atoms. The molecular weight excluding hydrogens is 336 g/mol. The minimum Gasteiger partial charge on any atom is -0.497 e. The van der Waals surface area contributed by atoms with Crippen molar-refractivity contribution in [2.45, 2.75) is 6.42 Å². The summed E-state index contributed by atoms with van der Waals surface area (Å²) in [7, 11) is 1.70. The Morgan fingerprint density at radius 3 is 2.44 bits per heavy atom. The molecule has 27 heavy (non-hydrogen) atoms. The van der Waals surface area contributed by atoms with Crippen LogP contribution in [0.2, 0.25) is 0 Å². The van der Waals surface area contributed by atoms with Gasteiger partial charge in [0.05, 0.1) is 7.11 Å². The fourth-order valence-corrected chi connectivity index (χ4v) is 3.11. The molecule has 0 aliphatic rings. The Kier molecular flexibility index (Phi) is 4.92. The van der Waals surface area contributed by atoms with Crippen LogP contribution in [0.4, 0.5) is 17.1 Å². The normalized spacial score (nSPS) is 10.7. The van der Waals surface area contributed by atoms with E-state index >= 15 is 0 Å². The average molecular weight is 358 g/mol. The summed E-state index contributed by atoms with van der Waals surface area (Å²) in [5.74, 6) is 0.883. The number of rotatable bonds is 7. The second kappa shape index (κ2) is 7.83. The monoisotopic (exact) mass is 358 g/mol. The number of hydrogen-bond donors (Lipinski definition) is 3. The van der Waals surface area contributed by atoms with Crippen molar-refractivity contribution < 1.29 is 4.74 Å². The van der Waals surface area contributed by atoms with Crippen molar-refractivity contribution in [1.82, 2.24) is 9.97 Å². The number of nitrogens with one attached hydrogen (secondary N) is 3. The molecule has 4 aromatic rings. The summed E-state index contributed by atoms with van der Waals surface area (Å²) in [6.45, 7) is 0.862. The highest BCUT2D eigenvalue weighted by molar-refractivity contribution is 5.84. The van der Waals surface area contributed by atoms with Crippen molar-refractivity contribution in [1.29, 1.82) is 0 Å². The van der Waals surface area contributed by atoms with Crippen molar-refractivity contribution in [3.63, 3.8) is 0 Å². The minimum atomic E-state index is 0.862. The third-order valence-electron chi connectivity index (χ3n) is 4.55. The molecule has 0 radical (unpaired) electrons. The lowest BCUT2D eigenvalue weighted by atomic mass is 10.1. The highest BCUT2D eigenvalue weighted by Crippen LogP contribution is 2.24. The zero-order valence-corrected chi connectivity index (χ0v) is 15.2. The number of H-pyrrole nitrogens is 1. The quantitative estimate of drug-likeness (QED) is 0.436. The summed E-state index contributed by atoms with van der Waals surface area (Å²) < 4.78 is 5.34. The molecule has 0 aliphatic heterocycles. The molecule has 0 unspecified atom stereocenters. The summed E-state index contributed by atoms with van der Waals surface area (Å²) >= 11 is 0. The molecule has 0 saturated carbocycles. The van der Waals surface area contributed by atoms with E-state index in [-0.39, 0.29) is 0 Å². The molecular formula is C22H22N4O. The van der Waals surface area contributed by atoms with Gasteiger partial charge >= 0.3 is 0 Å². The van der Waals surface area contributed by atoms with E-state index in [1.165, 1.54) is 10.9 Å². The zero-order valence-electron chi connectivity index (χ0n) is 15.2. The maximum Gasteiger partial charge on any atom is 0.119 e. The van der Waals surface area contributed by atoms with Gasteiger partial charge in [0, 0.05) is 53.1 Å². The Bertz CT molecular complexity index is 1010. The van der Waals surface area contributed by atoms with E-state index in [0.29, 0.717) is 0 Å². The lowest BCUT2D eigenvalue weighted by Gasteiger charge is -2.09. The molecule has 0 saturated heterocycles. The molecule has 136 valence electrons. The summed E-state index contributed by atoms with van der Waals surface area (Å²) in [5.41, 5.74) is 5.60. The third kappa shape index (κ3) is 4.03. The van der Waals surface area contributed by atoms with E-state index < -0.39 is 0 Å². The van der Waals surface area contributed by atoms with Crippen molar-refractivity contribution >= 4 is 28.0 Å². The molecule has 0 fully saturated rings. The van der Waals surface area contributed by atoms with E-state index in [0.717, 1.165) is 41.3 Å². The first kappa shape index (κ1) is 17.0. The van der Waals surface area contributed by atoms with Crippen LogP contribution in [0.5, 0.6) is 5.75 Å². The smallest absolute Gasteiger partial charge is 0.119 e. The molecule has 5 nitrogen and oxygen atoms in total. The fourth-order valence-electron chi connectivity index (χ4n) is 3.11. The van der Waals surface area contributed by atoms with Gasteiger partial charge in [-0.25, -0.2) is 0 Å². The lowest BCUT2D eigenvalue weighted by Crippen LogP contribution is -2.04. The number of aromatic amines is 1. The van der Waals surface area contributed by atoms with Crippen LogP contribution in [0.15, 0.2) is 73.2 Å². The second-order valence-corrected chi connectivity index (χ2v) is 6.34. The van der Waals surface area contributed by atoms with E-state index in [1.54, 1.807) is 19.5 Å². The number of hydrogen-bond acceptors (Lipinski definition) is 4. The van der Waals surface area contributed by atoms with E-state index in [9.17, 15) is 0 Å². The first-order valence-electron chi connectivity index (χ1n) is 8.97. The maximum atomic E-state index is 5.34. The molecule has 4 rings (SSSR count). The Labute approximate surface area is 158 Å². The van der Waals surface area contributed by atoms with Crippen LogP contribution in [-0.4, -0.2) is 23.6 Å². The van der Waals surface area contributed by atoms with Gasteiger partial charge < -0.3 is 20.4 Å². The van der Waals surface area contributed by atoms with Crippen LogP contribution < -0.4 is 15.4 Å². The number of nitrogens with zero attached hydrogens (tertiary/aromatic N) is 1. The summed E-state index contributed by atoms with van der Waals surface area (Å²) in [5, 5.41) is 8.06. The fraction of sp³-hybridized carbons (Fsp3) is 0.136. The first-order chi connectivity index (χ1) is 13.3. The Hall–Kier alpha value is -3.47.